The van der Waals surface area contributed by atoms with E-state index in [1.54, 1.807) is 0 Å². The number of hydrogen-bond acceptors (Lipinski definition) is 3. The number of para-hydroxylation sites is 2. The molecule has 0 amide bonds. The number of imidazole rings is 1. The molecule has 2 fully saturated rings. The molecular weight excluding hydrogens is 299 g/mol. The molecule has 128 valence electrons. The van der Waals surface area contributed by atoms with Gasteiger partial charge in [0, 0.05) is 18.8 Å². The van der Waals surface area contributed by atoms with Crippen molar-refractivity contribution < 1.29 is 9.31 Å². The van der Waals surface area contributed by atoms with E-state index in [-0.39, 0.29) is 18.3 Å². The Morgan fingerprint density at radius 2 is 1.75 bits per heavy atom. The lowest BCUT2D eigenvalue weighted by Gasteiger charge is -2.32. The third-order valence-corrected chi connectivity index (χ3v) is 6.34. The molecule has 4 rings (SSSR count). The summed E-state index contributed by atoms with van der Waals surface area (Å²) in [6.45, 7) is 8.52. The predicted octanol–water partition coefficient (Wildman–Crippen LogP) is 4.30. The van der Waals surface area contributed by atoms with E-state index in [0.29, 0.717) is 11.7 Å². The Kier molecular flexibility index (Phi) is 3.59. The largest absolute Gasteiger partial charge is 0.461 e. The summed E-state index contributed by atoms with van der Waals surface area (Å²) >= 11 is 0. The molecule has 2 heterocycles. The molecule has 1 aliphatic heterocycles. The highest BCUT2D eigenvalue weighted by Crippen LogP contribution is 2.50. The van der Waals surface area contributed by atoms with Crippen LogP contribution in [0.15, 0.2) is 24.3 Å². The molecule has 2 atom stereocenters. The van der Waals surface area contributed by atoms with E-state index >= 15 is 0 Å². The van der Waals surface area contributed by atoms with E-state index in [9.17, 15) is 0 Å². The maximum Gasteiger partial charge on any atom is 0.461 e. The van der Waals surface area contributed by atoms with E-state index in [0.717, 1.165) is 18.4 Å². The molecule has 2 aromatic rings. The molecule has 1 aliphatic carbocycles. The van der Waals surface area contributed by atoms with Gasteiger partial charge in [0.2, 0.25) is 0 Å². The first kappa shape index (κ1) is 16.2. The Bertz CT molecular complexity index is 752. The average molecular weight is 326 g/mol. The zero-order valence-electron chi connectivity index (χ0n) is 15.4. The molecule has 24 heavy (non-hydrogen) atoms. The van der Waals surface area contributed by atoms with Crippen LogP contribution in [0.3, 0.4) is 0 Å². The fourth-order valence-electron chi connectivity index (χ4n) is 4.19. The van der Waals surface area contributed by atoms with Crippen LogP contribution < -0.4 is 0 Å². The molecule has 1 saturated heterocycles. The summed E-state index contributed by atoms with van der Waals surface area (Å²) in [4.78, 5) is 4.94. The second-order valence-electron chi connectivity index (χ2n) is 8.34. The molecule has 0 unspecified atom stereocenters. The van der Waals surface area contributed by atoms with Crippen LogP contribution >= 0.6 is 0 Å². The number of aromatic nitrogens is 2. The summed E-state index contributed by atoms with van der Waals surface area (Å²) in [6.07, 6.45) is 3.51. The minimum atomic E-state index is -0.267. The van der Waals surface area contributed by atoms with Crippen LogP contribution in [0, 0.1) is 0 Å². The quantitative estimate of drug-likeness (QED) is 0.772. The molecule has 0 N–H and O–H groups in total. The summed E-state index contributed by atoms with van der Waals surface area (Å²) in [5, 5.41) is 0. The van der Waals surface area contributed by atoms with Gasteiger partial charge in [-0.25, -0.2) is 4.98 Å². The van der Waals surface area contributed by atoms with Gasteiger partial charge < -0.3 is 13.9 Å². The lowest BCUT2D eigenvalue weighted by atomic mass is 9.66. The fraction of sp³-hybridized carbons (Fsp3) is 0.632. The Morgan fingerprint density at radius 1 is 1.08 bits per heavy atom. The van der Waals surface area contributed by atoms with E-state index in [1.165, 1.54) is 17.8 Å². The summed E-state index contributed by atoms with van der Waals surface area (Å²) in [6, 6.07) is 8.37. The molecule has 0 bridgehead atoms. The van der Waals surface area contributed by atoms with Crippen LogP contribution in [0.25, 0.3) is 11.0 Å². The van der Waals surface area contributed by atoms with Crippen molar-refractivity contribution in [2.24, 2.45) is 7.05 Å². The highest BCUT2D eigenvalue weighted by molar-refractivity contribution is 6.47. The van der Waals surface area contributed by atoms with Gasteiger partial charge in [-0.05, 0) is 46.2 Å². The van der Waals surface area contributed by atoms with Gasteiger partial charge in [-0.2, -0.15) is 0 Å². The van der Waals surface area contributed by atoms with Crippen molar-refractivity contribution in [1.82, 2.24) is 9.55 Å². The number of fused-ring (bicyclic) bond motifs is 1. The van der Waals surface area contributed by atoms with Crippen LogP contribution in [0.2, 0.25) is 5.82 Å². The summed E-state index contributed by atoms with van der Waals surface area (Å²) in [5.41, 5.74) is 1.75. The lowest BCUT2D eigenvalue weighted by molar-refractivity contribution is 0.00578. The Hall–Kier alpha value is -1.33. The smallest absolute Gasteiger partial charge is 0.403 e. The molecular formula is C19H27BN2O2. The lowest BCUT2D eigenvalue weighted by Crippen LogP contribution is -2.41. The fourth-order valence-corrected chi connectivity index (χ4v) is 4.19. The van der Waals surface area contributed by atoms with Gasteiger partial charge in [0.05, 0.1) is 22.2 Å². The Labute approximate surface area is 144 Å². The Balaban J connectivity index is 1.67. The SMILES string of the molecule is Cn1c([C@@H]2CCC[C@@H]2B2OC(C)(C)C(C)(C)O2)nc2ccccc21. The monoisotopic (exact) mass is 326 g/mol. The molecule has 4 nitrogen and oxygen atoms in total. The van der Waals surface area contributed by atoms with E-state index < -0.39 is 0 Å². The van der Waals surface area contributed by atoms with Crippen molar-refractivity contribution in [3.8, 4) is 0 Å². The van der Waals surface area contributed by atoms with Gasteiger partial charge in [0.15, 0.2) is 0 Å². The van der Waals surface area contributed by atoms with Gasteiger partial charge in [-0.1, -0.05) is 25.0 Å². The van der Waals surface area contributed by atoms with Crippen molar-refractivity contribution in [2.75, 3.05) is 0 Å². The minimum Gasteiger partial charge on any atom is -0.403 e. The maximum absolute atomic E-state index is 6.35. The first-order chi connectivity index (χ1) is 11.3. The number of nitrogens with zero attached hydrogens (tertiary/aromatic N) is 2. The molecule has 0 radical (unpaired) electrons. The van der Waals surface area contributed by atoms with E-state index in [2.05, 4.69) is 63.6 Å². The van der Waals surface area contributed by atoms with Crippen LogP contribution in [-0.2, 0) is 16.4 Å². The van der Waals surface area contributed by atoms with Crippen molar-refractivity contribution in [1.29, 1.82) is 0 Å². The summed E-state index contributed by atoms with van der Waals surface area (Å²) in [7, 11) is 1.99. The van der Waals surface area contributed by atoms with Crippen molar-refractivity contribution >= 4 is 18.2 Å². The number of rotatable bonds is 2. The average Bonchev–Trinajstić information content (AvgIpc) is 3.16. The standard InChI is InChI=1S/C19H27BN2O2/c1-18(2)19(3,4)24-20(23-18)14-10-8-9-13(14)17-21-15-11-6-7-12-16(15)22(17)5/h6-7,11-14H,8-10H2,1-5H3/t13-,14+/m1/s1. The van der Waals surface area contributed by atoms with Crippen molar-refractivity contribution in [3.63, 3.8) is 0 Å². The van der Waals surface area contributed by atoms with E-state index in [4.69, 9.17) is 14.3 Å². The number of hydrogen-bond donors (Lipinski definition) is 0. The first-order valence-electron chi connectivity index (χ1n) is 9.07. The molecule has 1 saturated carbocycles. The van der Waals surface area contributed by atoms with Crippen LogP contribution in [0.1, 0.15) is 58.7 Å². The van der Waals surface area contributed by atoms with Crippen LogP contribution in [0.4, 0.5) is 0 Å². The zero-order chi connectivity index (χ0) is 17.1. The number of aryl methyl sites for hydroxylation is 1. The molecule has 5 heteroatoms. The van der Waals surface area contributed by atoms with Crippen molar-refractivity contribution in [3.05, 3.63) is 30.1 Å². The van der Waals surface area contributed by atoms with Gasteiger partial charge >= 0.3 is 7.12 Å². The zero-order valence-corrected chi connectivity index (χ0v) is 15.4. The van der Waals surface area contributed by atoms with E-state index in [1.807, 2.05) is 0 Å². The van der Waals surface area contributed by atoms with Gasteiger partial charge in [-0.15, -0.1) is 0 Å². The first-order valence-corrected chi connectivity index (χ1v) is 9.07. The third kappa shape index (κ3) is 2.32. The normalized spacial score (nSPS) is 28.8. The highest BCUT2D eigenvalue weighted by atomic mass is 16.7. The van der Waals surface area contributed by atoms with Gasteiger partial charge in [-0.3, -0.25) is 0 Å². The van der Waals surface area contributed by atoms with Gasteiger partial charge in [0.25, 0.3) is 0 Å². The number of benzene rings is 1. The maximum atomic E-state index is 6.35. The minimum absolute atomic E-state index is 0.137. The molecule has 1 aromatic carbocycles. The summed E-state index contributed by atoms with van der Waals surface area (Å²) < 4.78 is 15.0. The second-order valence-corrected chi connectivity index (χ2v) is 8.34. The topological polar surface area (TPSA) is 36.3 Å². The van der Waals surface area contributed by atoms with Crippen molar-refractivity contribution in [2.45, 2.75) is 69.9 Å². The third-order valence-electron chi connectivity index (χ3n) is 6.34. The Morgan fingerprint density at radius 3 is 2.42 bits per heavy atom. The summed E-state index contributed by atoms with van der Waals surface area (Å²) in [5.74, 6) is 1.95. The van der Waals surface area contributed by atoms with Crippen LogP contribution in [0.5, 0.6) is 0 Å². The second kappa shape index (κ2) is 5.33. The molecule has 1 aromatic heterocycles. The van der Waals surface area contributed by atoms with Gasteiger partial charge in [0.1, 0.15) is 5.82 Å². The molecule has 2 aliphatic rings. The predicted molar refractivity (Wildman–Crippen MR) is 97.1 cm³/mol. The van der Waals surface area contributed by atoms with Crippen LogP contribution in [-0.4, -0.2) is 27.9 Å². The highest BCUT2D eigenvalue weighted by Gasteiger charge is 2.56. The molecule has 0 spiro atoms.